The minimum absolute atomic E-state index is 0.713. The maximum absolute atomic E-state index is 10.4. The van der Waals surface area contributed by atoms with Crippen molar-refractivity contribution in [1.82, 2.24) is 0 Å². The van der Waals surface area contributed by atoms with Crippen LogP contribution < -0.4 is 4.74 Å². The zero-order valence-corrected chi connectivity index (χ0v) is 17.2. The van der Waals surface area contributed by atoms with Crippen molar-refractivity contribution in [2.24, 2.45) is 0 Å². The number of hydrogen-bond donors (Lipinski definition) is 1. The van der Waals surface area contributed by atoms with Crippen molar-refractivity contribution in [2.75, 3.05) is 0 Å². The molecule has 0 fully saturated rings. The summed E-state index contributed by atoms with van der Waals surface area (Å²) in [5.41, 5.74) is 2.23. The highest BCUT2D eigenvalue weighted by atomic mass is 16.5. The Morgan fingerprint density at radius 2 is 1.75 bits per heavy atom. The second kappa shape index (κ2) is 7.33. The van der Waals surface area contributed by atoms with E-state index in [4.69, 9.17) is 9.15 Å². The maximum atomic E-state index is 10.4. The van der Waals surface area contributed by atoms with E-state index in [2.05, 4.69) is 18.7 Å². The lowest BCUT2D eigenvalue weighted by Crippen LogP contribution is -2.49. The molecule has 0 saturated heterocycles. The van der Waals surface area contributed by atoms with Gasteiger partial charge in [-0.3, -0.25) is 0 Å². The van der Waals surface area contributed by atoms with Gasteiger partial charge in [0.05, 0.1) is 5.60 Å². The van der Waals surface area contributed by atoms with Crippen molar-refractivity contribution in [2.45, 2.75) is 45.8 Å². The third-order valence-corrected chi connectivity index (χ3v) is 5.29. The lowest BCUT2D eigenvalue weighted by Gasteiger charge is -2.37. The van der Waals surface area contributed by atoms with Crippen molar-refractivity contribution in [3.63, 3.8) is 0 Å². The average Bonchev–Trinajstić information content (AvgIpc) is 2.98. The molecular weight excluding hydrogens is 348 g/mol. The quantitative estimate of drug-likeness (QED) is 0.520. The Hall–Kier alpha value is -2.78. The number of aliphatic hydroxyl groups is 1. The summed E-state index contributed by atoms with van der Waals surface area (Å²) < 4.78 is 12.1. The molecule has 0 radical (unpaired) electrons. The van der Waals surface area contributed by atoms with Crippen LogP contribution in [0.3, 0.4) is 0 Å². The fraction of sp³-hybridized carbons (Fsp3) is 0.280. The van der Waals surface area contributed by atoms with Gasteiger partial charge in [0.1, 0.15) is 22.7 Å². The molecule has 3 heteroatoms. The summed E-state index contributed by atoms with van der Waals surface area (Å²) in [6.07, 6.45) is 5.77. The fourth-order valence-electron chi connectivity index (χ4n) is 2.96. The van der Waals surface area contributed by atoms with Gasteiger partial charge in [0, 0.05) is 10.9 Å². The normalized spacial score (nSPS) is 12.6. The van der Waals surface area contributed by atoms with E-state index in [9.17, 15) is 5.11 Å². The van der Waals surface area contributed by atoms with Crippen molar-refractivity contribution >= 4 is 23.1 Å². The van der Waals surface area contributed by atoms with Gasteiger partial charge in [0.15, 0.2) is 0 Å². The smallest absolute Gasteiger partial charge is 0.136 e. The fourth-order valence-corrected chi connectivity index (χ4v) is 2.96. The third-order valence-electron chi connectivity index (χ3n) is 5.29. The number of fused-ring (bicyclic) bond motifs is 1. The predicted octanol–water partition coefficient (Wildman–Crippen LogP) is 6.70. The molecule has 146 valence electrons. The molecule has 0 spiro atoms. The average molecular weight is 376 g/mol. The third kappa shape index (κ3) is 3.76. The first-order valence-electron chi connectivity index (χ1n) is 9.50. The molecule has 0 unspecified atom stereocenters. The second-order valence-corrected chi connectivity index (χ2v) is 7.99. The monoisotopic (exact) mass is 376 g/mol. The van der Waals surface area contributed by atoms with Gasteiger partial charge in [0.25, 0.3) is 0 Å². The van der Waals surface area contributed by atoms with Crippen molar-refractivity contribution in [3.8, 4) is 16.9 Å². The highest BCUT2D eigenvalue weighted by Crippen LogP contribution is 2.34. The summed E-state index contributed by atoms with van der Waals surface area (Å²) in [7, 11) is 0. The molecule has 3 rings (SSSR count). The Kier molecular flexibility index (Phi) is 5.22. The summed E-state index contributed by atoms with van der Waals surface area (Å²) in [6, 6.07) is 14.1. The number of allylic oxidation sites excluding steroid dienone is 1. The summed E-state index contributed by atoms with van der Waals surface area (Å²) >= 11 is 0. The number of furan rings is 1. The first-order chi connectivity index (χ1) is 13.2. The molecule has 1 heterocycles. The lowest BCUT2D eigenvalue weighted by molar-refractivity contribution is -0.0906. The highest BCUT2D eigenvalue weighted by Gasteiger charge is 2.37. The van der Waals surface area contributed by atoms with Crippen LogP contribution in [0.1, 0.15) is 45.9 Å². The zero-order valence-electron chi connectivity index (χ0n) is 17.2. The topological polar surface area (TPSA) is 42.6 Å². The predicted molar refractivity (Wildman–Crippen MR) is 117 cm³/mol. The molecule has 0 aliphatic heterocycles. The highest BCUT2D eigenvalue weighted by molar-refractivity contribution is 5.93. The molecule has 0 aliphatic carbocycles. The van der Waals surface area contributed by atoms with Crippen LogP contribution in [0.25, 0.3) is 34.2 Å². The van der Waals surface area contributed by atoms with Gasteiger partial charge in [-0.05, 0) is 76.1 Å². The van der Waals surface area contributed by atoms with Gasteiger partial charge in [0.2, 0.25) is 0 Å². The van der Waals surface area contributed by atoms with Gasteiger partial charge < -0.3 is 14.3 Å². The van der Waals surface area contributed by atoms with Gasteiger partial charge in [-0.25, -0.2) is 0 Å². The number of benzene rings is 2. The van der Waals surface area contributed by atoms with Gasteiger partial charge in [-0.1, -0.05) is 36.9 Å². The van der Waals surface area contributed by atoms with E-state index in [1.807, 2.05) is 63.3 Å². The first-order valence-corrected chi connectivity index (χ1v) is 9.50. The van der Waals surface area contributed by atoms with E-state index >= 15 is 0 Å². The molecular formula is C25H28O3. The van der Waals surface area contributed by atoms with Gasteiger partial charge in [-0.15, -0.1) is 0 Å². The standard InChI is InChI=1S/C25H28O3/c1-7-10-20-21-14-13-18(16-23(21)27-22(20)8-2)17-11-9-12-19(15-17)28-25(5,6)24(3,4)26/h7-16,26H,2H2,1,3-6H3/b10-7-. The molecule has 3 nitrogen and oxygen atoms in total. The van der Waals surface area contributed by atoms with Gasteiger partial charge >= 0.3 is 0 Å². The second-order valence-electron chi connectivity index (χ2n) is 7.99. The van der Waals surface area contributed by atoms with Crippen LogP contribution in [0.15, 0.2) is 59.5 Å². The number of hydrogen-bond acceptors (Lipinski definition) is 3. The van der Waals surface area contributed by atoms with E-state index in [0.29, 0.717) is 5.75 Å². The molecule has 28 heavy (non-hydrogen) atoms. The lowest BCUT2D eigenvalue weighted by atomic mass is 9.89. The molecule has 0 atom stereocenters. The summed E-state index contributed by atoms with van der Waals surface area (Å²) in [5, 5.41) is 11.4. The van der Waals surface area contributed by atoms with Crippen LogP contribution in [0.4, 0.5) is 0 Å². The Balaban J connectivity index is 2.00. The van der Waals surface area contributed by atoms with E-state index in [1.165, 1.54) is 0 Å². The Labute approximate surface area is 167 Å². The van der Waals surface area contributed by atoms with Crippen LogP contribution in [0.5, 0.6) is 5.75 Å². The minimum Gasteiger partial charge on any atom is -0.485 e. The molecule has 0 aliphatic rings. The van der Waals surface area contributed by atoms with Crippen molar-refractivity contribution < 1.29 is 14.3 Å². The van der Waals surface area contributed by atoms with E-state index in [-0.39, 0.29) is 0 Å². The van der Waals surface area contributed by atoms with Crippen molar-refractivity contribution in [3.05, 3.63) is 66.4 Å². The Morgan fingerprint density at radius 1 is 1.04 bits per heavy atom. The number of rotatable bonds is 6. The maximum Gasteiger partial charge on any atom is 0.136 e. The van der Waals surface area contributed by atoms with Crippen LogP contribution >= 0.6 is 0 Å². The van der Waals surface area contributed by atoms with E-state index in [1.54, 1.807) is 19.9 Å². The summed E-state index contributed by atoms with van der Waals surface area (Å²) in [5.74, 6) is 1.49. The van der Waals surface area contributed by atoms with Gasteiger partial charge in [-0.2, -0.15) is 0 Å². The molecule has 1 aromatic heterocycles. The molecule has 2 aromatic carbocycles. The first kappa shape index (κ1) is 20.0. The Morgan fingerprint density at radius 3 is 2.39 bits per heavy atom. The summed E-state index contributed by atoms with van der Waals surface area (Å²) in [6.45, 7) is 13.1. The molecule has 0 amide bonds. The zero-order chi connectivity index (χ0) is 20.5. The Bertz CT molecular complexity index is 1030. The van der Waals surface area contributed by atoms with Crippen LogP contribution in [-0.4, -0.2) is 16.3 Å². The largest absolute Gasteiger partial charge is 0.485 e. The number of ether oxygens (including phenoxy) is 1. The van der Waals surface area contributed by atoms with Crippen molar-refractivity contribution in [1.29, 1.82) is 0 Å². The van der Waals surface area contributed by atoms with E-state index < -0.39 is 11.2 Å². The summed E-state index contributed by atoms with van der Waals surface area (Å²) in [4.78, 5) is 0. The molecule has 3 aromatic rings. The molecule has 0 bridgehead atoms. The van der Waals surface area contributed by atoms with Crippen LogP contribution in [-0.2, 0) is 0 Å². The van der Waals surface area contributed by atoms with Crippen LogP contribution in [0, 0.1) is 0 Å². The minimum atomic E-state index is -0.972. The molecule has 1 N–H and O–H groups in total. The van der Waals surface area contributed by atoms with E-state index in [0.717, 1.165) is 33.4 Å². The van der Waals surface area contributed by atoms with Crippen LogP contribution in [0.2, 0.25) is 0 Å². The molecule has 0 saturated carbocycles. The SMILES string of the molecule is C=Cc1oc2cc(-c3cccc(OC(C)(C)C(C)(C)O)c3)ccc2c1/C=C\C.